The second-order valence-corrected chi connectivity index (χ2v) is 6.37. The van der Waals surface area contributed by atoms with Crippen LogP contribution < -0.4 is 11.1 Å². The highest BCUT2D eigenvalue weighted by Gasteiger charge is 2.08. The van der Waals surface area contributed by atoms with E-state index < -0.39 is 0 Å². The number of nitrogens with two attached hydrogens (primary N) is 1. The molecule has 1 rings (SSSR count). The van der Waals surface area contributed by atoms with Crippen LogP contribution in [0.2, 0.25) is 4.34 Å². The summed E-state index contributed by atoms with van der Waals surface area (Å²) in [6, 6.07) is 4.01. The summed E-state index contributed by atoms with van der Waals surface area (Å²) in [4.78, 5) is 1.28. The van der Waals surface area contributed by atoms with Gasteiger partial charge in [-0.2, -0.15) is 0 Å². The largest absolute Gasteiger partial charge is 0.330 e. The first kappa shape index (κ1) is 14.0. The Balaban J connectivity index is 2.23. The van der Waals surface area contributed by atoms with Crippen LogP contribution in [0.15, 0.2) is 12.1 Å². The van der Waals surface area contributed by atoms with E-state index in [-0.39, 0.29) is 0 Å². The predicted octanol–water partition coefficient (Wildman–Crippen LogP) is 3.11. The maximum Gasteiger partial charge on any atom is 0.0931 e. The minimum Gasteiger partial charge on any atom is -0.330 e. The van der Waals surface area contributed by atoms with Crippen molar-refractivity contribution in [1.82, 2.24) is 5.32 Å². The van der Waals surface area contributed by atoms with Gasteiger partial charge >= 0.3 is 0 Å². The summed E-state index contributed by atoms with van der Waals surface area (Å²) in [7, 11) is 0. The maximum atomic E-state index is 5.87. The SMILES string of the molecule is CC(C)CC(CN)CNCc1ccc(Cl)s1. The van der Waals surface area contributed by atoms with Gasteiger partial charge in [0.2, 0.25) is 0 Å². The summed E-state index contributed by atoms with van der Waals surface area (Å²) in [5, 5.41) is 3.44. The van der Waals surface area contributed by atoms with Gasteiger partial charge in [-0.1, -0.05) is 25.4 Å². The molecule has 1 heterocycles. The van der Waals surface area contributed by atoms with Crippen LogP contribution >= 0.6 is 22.9 Å². The number of hydrogen-bond donors (Lipinski definition) is 2. The van der Waals surface area contributed by atoms with Crippen molar-refractivity contribution >= 4 is 22.9 Å². The van der Waals surface area contributed by atoms with E-state index in [2.05, 4.69) is 25.2 Å². The molecular weight excluding hydrogens is 240 g/mol. The van der Waals surface area contributed by atoms with E-state index in [4.69, 9.17) is 17.3 Å². The molecule has 0 radical (unpaired) electrons. The Morgan fingerprint density at radius 2 is 2.19 bits per heavy atom. The van der Waals surface area contributed by atoms with Crippen LogP contribution in [-0.2, 0) is 6.54 Å². The molecule has 0 saturated carbocycles. The molecule has 0 fully saturated rings. The molecule has 1 aromatic heterocycles. The number of halogens is 1. The molecule has 0 spiro atoms. The van der Waals surface area contributed by atoms with Crippen LogP contribution in [-0.4, -0.2) is 13.1 Å². The first-order valence-electron chi connectivity index (χ1n) is 5.76. The van der Waals surface area contributed by atoms with Crippen molar-refractivity contribution in [3.63, 3.8) is 0 Å². The zero-order valence-corrected chi connectivity index (χ0v) is 11.6. The Hall–Kier alpha value is -0.0900. The zero-order valence-electron chi connectivity index (χ0n) is 10.0. The van der Waals surface area contributed by atoms with Gasteiger partial charge in [0.1, 0.15) is 0 Å². The Kier molecular flexibility index (Phi) is 6.36. The number of thiophene rings is 1. The van der Waals surface area contributed by atoms with Gasteiger partial charge in [0.05, 0.1) is 4.34 Å². The Bertz CT molecular complexity index is 299. The molecule has 0 amide bonds. The minimum absolute atomic E-state index is 0.579. The van der Waals surface area contributed by atoms with Crippen LogP contribution in [0.5, 0.6) is 0 Å². The first-order valence-corrected chi connectivity index (χ1v) is 6.96. The molecule has 92 valence electrons. The van der Waals surface area contributed by atoms with Crippen LogP contribution in [0, 0.1) is 11.8 Å². The van der Waals surface area contributed by atoms with E-state index in [9.17, 15) is 0 Å². The summed E-state index contributed by atoms with van der Waals surface area (Å²) in [5.41, 5.74) is 5.75. The summed E-state index contributed by atoms with van der Waals surface area (Å²) in [6.07, 6.45) is 1.19. The quantitative estimate of drug-likeness (QED) is 0.791. The van der Waals surface area contributed by atoms with E-state index in [0.29, 0.717) is 11.8 Å². The van der Waals surface area contributed by atoms with E-state index in [1.165, 1.54) is 11.3 Å². The third-order valence-corrected chi connectivity index (χ3v) is 3.73. The van der Waals surface area contributed by atoms with Gasteiger partial charge < -0.3 is 11.1 Å². The normalized spacial score (nSPS) is 13.3. The second-order valence-electron chi connectivity index (χ2n) is 4.57. The van der Waals surface area contributed by atoms with Gasteiger partial charge in [0.15, 0.2) is 0 Å². The molecule has 1 unspecified atom stereocenters. The average molecular weight is 261 g/mol. The lowest BCUT2D eigenvalue weighted by Crippen LogP contribution is -2.28. The van der Waals surface area contributed by atoms with E-state index >= 15 is 0 Å². The van der Waals surface area contributed by atoms with Gasteiger partial charge in [0.25, 0.3) is 0 Å². The van der Waals surface area contributed by atoms with Gasteiger partial charge in [0, 0.05) is 11.4 Å². The van der Waals surface area contributed by atoms with E-state index in [0.717, 1.165) is 24.0 Å². The summed E-state index contributed by atoms with van der Waals surface area (Å²) in [5.74, 6) is 1.29. The maximum absolute atomic E-state index is 5.87. The van der Waals surface area contributed by atoms with Crippen LogP contribution in [0.3, 0.4) is 0 Å². The van der Waals surface area contributed by atoms with Crippen molar-refractivity contribution in [2.75, 3.05) is 13.1 Å². The monoisotopic (exact) mass is 260 g/mol. The Labute approximate surface area is 107 Å². The van der Waals surface area contributed by atoms with Gasteiger partial charge in [-0.05, 0) is 43.5 Å². The predicted molar refractivity (Wildman–Crippen MR) is 73.0 cm³/mol. The third kappa shape index (κ3) is 5.30. The highest BCUT2D eigenvalue weighted by Crippen LogP contribution is 2.21. The van der Waals surface area contributed by atoms with E-state index in [1.54, 1.807) is 11.3 Å². The minimum atomic E-state index is 0.579. The lowest BCUT2D eigenvalue weighted by Gasteiger charge is -2.17. The molecule has 0 bridgehead atoms. The zero-order chi connectivity index (χ0) is 12.0. The highest BCUT2D eigenvalue weighted by atomic mass is 35.5. The second kappa shape index (κ2) is 7.28. The summed E-state index contributed by atoms with van der Waals surface area (Å²) >= 11 is 7.50. The van der Waals surface area contributed by atoms with Crippen LogP contribution in [0.4, 0.5) is 0 Å². The topological polar surface area (TPSA) is 38.0 Å². The molecule has 0 saturated heterocycles. The van der Waals surface area contributed by atoms with Crippen molar-refractivity contribution in [3.05, 3.63) is 21.3 Å². The van der Waals surface area contributed by atoms with Crippen molar-refractivity contribution in [3.8, 4) is 0 Å². The van der Waals surface area contributed by atoms with Crippen LogP contribution in [0.25, 0.3) is 0 Å². The lowest BCUT2D eigenvalue weighted by molar-refractivity contribution is 0.394. The van der Waals surface area contributed by atoms with Gasteiger partial charge in [-0.3, -0.25) is 0 Å². The molecular formula is C12H21ClN2S. The number of rotatable bonds is 7. The van der Waals surface area contributed by atoms with Crippen molar-refractivity contribution in [2.24, 2.45) is 17.6 Å². The van der Waals surface area contributed by atoms with E-state index in [1.807, 2.05) is 6.07 Å². The smallest absolute Gasteiger partial charge is 0.0931 e. The molecule has 3 N–H and O–H groups in total. The molecule has 0 aliphatic carbocycles. The fourth-order valence-corrected chi connectivity index (χ4v) is 2.83. The van der Waals surface area contributed by atoms with Gasteiger partial charge in [-0.25, -0.2) is 0 Å². The molecule has 1 aromatic rings. The first-order chi connectivity index (χ1) is 7.61. The molecule has 2 nitrogen and oxygen atoms in total. The molecule has 1 atom stereocenters. The number of nitrogens with one attached hydrogen (secondary N) is 1. The molecule has 0 aliphatic rings. The van der Waals surface area contributed by atoms with Crippen molar-refractivity contribution in [2.45, 2.75) is 26.8 Å². The fraction of sp³-hybridized carbons (Fsp3) is 0.667. The third-order valence-electron chi connectivity index (χ3n) is 2.50. The standard InChI is InChI=1S/C12H21ClN2S/c1-9(2)5-10(6-14)7-15-8-11-3-4-12(13)16-11/h3-4,9-10,15H,5-8,14H2,1-2H3. The van der Waals surface area contributed by atoms with Crippen molar-refractivity contribution < 1.29 is 0 Å². The van der Waals surface area contributed by atoms with Gasteiger partial charge in [-0.15, -0.1) is 11.3 Å². The van der Waals surface area contributed by atoms with Crippen molar-refractivity contribution in [1.29, 1.82) is 0 Å². The number of hydrogen-bond acceptors (Lipinski definition) is 3. The molecule has 4 heteroatoms. The molecule has 0 aliphatic heterocycles. The molecule has 0 aromatic carbocycles. The summed E-state index contributed by atoms with van der Waals surface area (Å²) in [6.45, 7) is 7.12. The fourth-order valence-electron chi connectivity index (χ4n) is 1.78. The highest BCUT2D eigenvalue weighted by molar-refractivity contribution is 7.16. The Morgan fingerprint density at radius 1 is 1.44 bits per heavy atom. The lowest BCUT2D eigenvalue weighted by atomic mass is 9.97. The average Bonchev–Trinajstić information content (AvgIpc) is 2.62. The molecule has 16 heavy (non-hydrogen) atoms. The Morgan fingerprint density at radius 3 is 2.69 bits per heavy atom. The summed E-state index contributed by atoms with van der Waals surface area (Å²) < 4.78 is 0.856. The van der Waals surface area contributed by atoms with Crippen LogP contribution in [0.1, 0.15) is 25.1 Å².